The maximum Gasteiger partial charge on any atom is 0.307 e. The Labute approximate surface area is 120 Å². The zero-order valence-corrected chi connectivity index (χ0v) is 12.3. The molecule has 2 rings (SSSR count). The third-order valence-electron chi connectivity index (χ3n) is 3.28. The Bertz CT molecular complexity index is 472. The van der Waals surface area contributed by atoms with Gasteiger partial charge in [-0.2, -0.15) is 0 Å². The topological polar surface area (TPSA) is 55.4 Å². The predicted octanol–water partition coefficient (Wildman–Crippen LogP) is 2.23. The van der Waals surface area contributed by atoms with Crippen LogP contribution < -0.4 is 5.32 Å². The molecular formula is C14H16BrNO3. The number of esters is 1. The molecular weight excluding hydrogens is 310 g/mol. The second-order valence-electron chi connectivity index (χ2n) is 4.62. The fourth-order valence-electron chi connectivity index (χ4n) is 2.08. The molecule has 0 bridgehead atoms. The maximum atomic E-state index is 11.9. The van der Waals surface area contributed by atoms with Gasteiger partial charge in [-0.15, -0.1) is 0 Å². The van der Waals surface area contributed by atoms with Crippen molar-refractivity contribution in [3.8, 4) is 0 Å². The van der Waals surface area contributed by atoms with E-state index in [1.807, 2.05) is 24.3 Å². The number of carbonyl (C=O) groups is 2. The monoisotopic (exact) mass is 325 g/mol. The van der Waals surface area contributed by atoms with Crippen molar-refractivity contribution in [2.75, 3.05) is 13.7 Å². The highest BCUT2D eigenvalue weighted by Crippen LogP contribution is 2.47. The summed E-state index contributed by atoms with van der Waals surface area (Å²) < 4.78 is 5.55. The molecule has 4 nitrogen and oxygen atoms in total. The molecule has 1 aromatic carbocycles. The Morgan fingerprint density at radius 2 is 2.05 bits per heavy atom. The minimum Gasteiger partial charge on any atom is -0.469 e. The Kier molecular flexibility index (Phi) is 4.58. The average Bonchev–Trinajstić information content (AvgIpc) is 3.19. The number of amides is 1. The van der Waals surface area contributed by atoms with Crippen molar-refractivity contribution in [1.82, 2.24) is 5.32 Å². The van der Waals surface area contributed by atoms with Gasteiger partial charge in [0.2, 0.25) is 5.91 Å². The molecule has 1 amide bonds. The van der Waals surface area contributed by atoms with Crippen molar-refractivity contribution in [1.29, 1.82) is 0 Å². The van der Waals surface area contributed by atoms with Gasteiger partial charge in [-0.25, -0.2) is 0 Å². The van der Waals surface area contributed by atoms with Crippen LogP contribution in [0.2, 0.25) is 0 Å². The summed E-state index contributed by atoms with van der Waals surface area (Å²) in [6.45, 7) is 0.342. The Hall–Kier alpha value is -1.36. The number of rotatable bonds is 5. The van der Waals surface area contributed by atoms with Crippen LogP contribution in [0.15, 0.2) is 28.7 Å². The third kappa shape index (κ3) is 3.80. The van der Waals surface area contributed by atoms with Crippen LogP contribution in [0.5, 0.6) is 0 Å². The number of nitrogens with one attached hydrogen (secondary N) is 1. The largest absolute Gasteiger partial charge is 0.469 e. The van der Waals surface area contributed by atoms with Crippen LogP contribution in [0, 0.1) is 5.92 Å². The van der Waals surface area contributed by atoms with Crippen molar-refractivity contribution >= 4 is 27.8 Å². The summed E-state index contributed by atoms with van der Waals surface area (Å²) >= 11 is 3.39. The fraction of sp³-hybridized carbons (Fsp3) is 0.429. The van der Waals surface area contributed by atoms with Gasteiger partial charge in [0.15, 0.2) is 0 Å². The van der Waals surface area contributed by atoms with E-state index >= 15 is 0 Å². The molecule has 2 atom stereocenters. The normalized spacial score (nSPS) is 20.7. The Morgan fingerprint density at radius 3 is 2.68 bits per heavy atom. The maximum absolute atomic E-state index is 11.9. The van der Waals surface area contributed by atoms with E-state index in [1.54, 1.807) is 0 Å². The predicted molar refractivity (Wildman–Crippen MR) is 74.6 cm³/mol. The first-order valence-corrected chi connectivity index (χ1v) is 7.01. The van der Waals surface area contributed by atoms with Crippen LogP contribution in [-0.2, 0) is 14.3 Å². The number of methoxy groups -OCH3 is 1. The van der Waals surface area contributed by atoms with Crippen molar-refractivity contribution < 1.29 is 14.3 Å². The quantitative estimate of drug-likeness (QED) is 0.844. The summed E-state index contributed by atoms with van der Waals surface area (Å²) in [6, 6.07) is 8.05. The number of carbonyl (C=O) groups excluding carboxylic acids is 2. The average molecular weight is 326 g/mol. The highest BCUT2D eigenvalue weighted by Gasteiger charge is 2.43. The van der Waals surface area contributed by atoms with Gasteiger partial charge in [-0.05, 0) is 30.0 Å². The number of hydrogen-bond donors (Lipinski definition) is 1. The Morgan fingerprint density at radius 1 is 1.37 bits per heavy atom. The molecule has 1 aromatic rings. The van der Waals surface area contributed by atoms with E-state index in [0.29, 0.717) is 12.5 Å². The van der Waals surface area contributed by atoms with Gasteiger partial charge in [0.1, 0.15) is 0 Å². The summed E-state index contributed by atoms with van der Waals surface area (Å²) in [5, 5.41) is 2.77. The van der Waals surface area contributed by atoms with Crippen molar-refractivity contribution in [3.63, 3.8) is 0 Å². The summed E-state index contributed by atoms with van der Waals surface area (Å²) in [5.74, 6) is 0.0717. The summed E-state index contributed by atoms with van der Waals surface area (Å²) in [4.78, 5) is 22.8. The van der Waals surface area contributed by atoms with Crippen molar-refractivity contribution in [2.24, 2.45) is 5.92 Å². The molecule has 0 saturated heterocycles. The zero-order chi connectivity index (χ0) is 13.8. The SMILES string of the molecule is COC(=O)CCNC(=O)[C@@H]1C[C@@H]1c1ccc(Br)cc1. The van der Waals surface area contributed by atoms with Crippen LogP contribution in [0.25, 0.3) is 0 Å². The lowest BCUT2D eigenvalue weighted by atomic mass is 10.1. The van der Waals surface area contributed by atoms with Gasteiger partial charge < -0.3 is 10.1 Å². The molecule has 0 spiro atoms. The second-order valence-corrected chi connectivity index (χ2v) is 5.53. The number of benzene rings is 1. The van der Waals surface area contributed by atoms with Crippen molar-refractivity contribution in [3.05, 3.63) is 34.3 Å². The van der Waals surface area contributed by atoms with Crippen LogP contribution >= 0.6 is 15.9 Å². The van der Waals surface area contributed by atoms with Gasteiger partial charge in [0, 0.05) is 16.9 Å². The third-order valence-corrected chi connectivity index (χ3v) is 3.81. The Balaban J connectivity index is 1.77. The molecule has 0 aromatic heterocycles. The van der Waals surface area contributed by atoms with Crippen LogP contribution in [0.4, 0.5) is 0 Å². The van der Waals surface area contributed by atoms with Gasteiger partial charge in [0.05, 0.1) is 13.5 Å². The lowest BCUT2D eigenvalue weighted by Crippen LogP contribution is -2.28. The molecule has 1 aliphatic carbocycles. The summed E-state index contributed by atoms with van der Waals surface area (Å²) in [7, 11) is 1.34. The smallest absolute Gasteiger partial charge is 0.307 e. The first kappa shape index (κ1) is 14.1. The molecule has 1 N–H and O–H groups in total. The van der Waals surface area contributed by atoms with Crippen LogP contribution in [0.3, 0.4) is 0 Å². The van der Waals surface area contributed by atoms with Crippen LogP contribution in [0.1, 0.15) is 24.3 Å². The van der Waals surface area contributed by atoms with E-state index in [0.717, 1.165) is 10.9 Å². The molecule has 0 unspecified atom stereocenters. The van der Waals surface area contributed by atoms with Crippen molar-refractivity contribution in [2.45, 2.75) is 18.8 Å². The van der Waals surface area contributed by atoms with E-state index < -0.39 is 0 Å². The zero-order valence-electron chi connectivity index (χ0n) is 10.7. The van der Waals surface area contributed by atoms with E-state index in [1.165, 1.54) is 12.7 Å². The molecule has 0 aliphatic heterocycles. The fourth-order valence-corrected chi connectivity index (χ4v) is 2.35. The van der Waals surface area contributed by atoms with E-state index in [2.05, 4.69) is 26.0 Å². The van der Waals surface area contributed by atoms with E-state index in [4.69, 9.17) is 0 Å². The second kappa shape index (κ2) is 6.19. The molecule has 1 aliphatic rings. The highest BCUT2D eigenvalue weighted by atomic mass is 79.9. The minimum atomic E-state index is -0.305. The van der Waals surface area contributed by atoms with Crippen LogP contribution in [-0.4, -0.2) is 25.5 Å². The molecule has 0 radical (unpaired) electrons. The summed E-state index contributed by atoms with van der Waals surface area (Å²) in [5.41, 5.74) is 1.19. The first-order valence-electron chi connectivity index (χ1n) is 6.22. The number of hydrogen-bond acceptors (Lipinski definition) is 3. The van der Waals surface area contributed by atoms with Gasteiger partial charge in [0.25, 0.3) is 0 Å². The highest BCUT2D eigenvalue weighted by molar-refractivity contribution is 9.10. The van der Waals surface area contributed by atoms with Gasteiger partial charge in [-0.1, -0.05) is 28.1 Å². The summed E-state index contributed by atoms with van der Waals surface area (Å²) in [6.07, 6.45) is 1.10. The first-order chi connectivity index (χ1) is 9.11. The standard InChI is InChI=1S/C14H16BrNO3/c1-19-13(17)6-7-16-14(18)12-8-11(12)9-2-4-10(15)5-3-9/h2-5,11-12H,6-8H2,1H3,(H,16,18)/t11-,12-/m1/s1. The van der Waals surface area contributed by atoms with E-state index in [9.17, 15) is 9.59 Å². The molecule has 1 fully saturated rings. The van der Waals surface area contributed by atoms with Gasteiger partial charge in [-0.3, -0.25) is 9.59 Å². The molecule has 19 heavy (non-hydrogen) atoms. The molecule has 102 valence electrons. The number of halogens is 1. The lowest BCUT2D eigenvalue weighted by molar-refractivity contribution is -0.140. The molecule has 1 saturated carbocycles. The minimum absolute atomic E-state index is 0.0248. The number of ether oxygens (including phenoxy) is 1. The molecule has 0 heterocycles. The van der Waals surface area contributed by atoms with E-state index in [-0.39, 0.29) is 24.2 Å². The molecule has 5 heteroatoms. The lowest BCUT2D eigenvalue weighted by Gasteiger charge is -2.04. The van der Waals surface area contributed by atoms with Gasteiger partial charge >= 0.3 is 5.97 Å².